The van der Waals surface area contributed by atoms with E-state index < -0.39 is 6.04 Å². The minimum atomic E-state index is -0.677. The van der Waals surface area contributed by atoms with Gasteiger partial charge in [-0.15, -0.1) is 0 Å². The van der Waals surface area contributed by atoms with Crippen molar-refractivity contribution in [1.29, 1.82) is 0 Å². The summed E-state index contributed by atoms with van der Waals surface area (Å²) < 4.78 is 14.2. The summed E-state index contributed by atoms with van der Waals surface area (Å²) in [6.45, 7) is 0.290. The van der Waals surface area contributed by atoms with E-state index in [1.165, 1.54) is 12.1 Å². The summed E-state index contributed by atoms with van der Waals surface area (Å²) in [5.41, 5.74) is 2.58. The van der Waals surface area contributed by atoms with Crippen LogP contribution in [0.1, 0.15) is 16.7 Å². The van der Waals surface area contributed by atoms with Gasteiger partial charge in [-0.25, -0.2) is 4.39 Å². The largest absolute Gasteiger partial charge is 0.357 e. The normalized spacial score (nSPS) is 11.6. The molecule has 0 bridgehead atoms. The second-order valence-corrected chi connectivity index (χ2v) is 8.19. The number of amides is 2. The van der Waals surface area contributed by atoms with Gasteiger partial charge in [0.1, 0.15) is 11.9 Å². The number of nitrogens with zero attached hydrogens (tertiary/aromatic N) is 1. The third-order valence-corrected chi connectivity index (χ3v) is 5.58. The molecule has 0 saturated carbocycles. The summed E-state index contributed by atoms with van der Waals surface area (Å²) in [5.74, 6) is -0.775. The maximum atomic E-state index is 13.4. The van der Waals surface area contributed by atoms with Gasteiger partial charge in [0.15, 0.2) is 0 Å². The van der Waals surface area contributed by atoms with E-state index in [-0.39, 0.29) is 30.6 Å². The summed E-state index contributed by atoms with van der Waals surface area (Å²) in [6, 6.07) is 22.5. The SMILES string of the molecule is CNC(=O)[C@H](Cc1ccccc1)N(Cc1ccc(Br)cc1)C(=O)Cc1ccc(F)cc1. The van der Waals surface area contributed by atoms with Crippen LogP contribution in [0.25, 0.3) is 0 Å². The van der Waals surface area contributed by atoms with Crippen molar-refractivity contribution >= 4 is 27.7 Å². The lowest BCUT2D eigenvalue weighted by atomic mass is 10.0. The molecule has 4 nitrogen and oxygen atoms in total. The third-order valence-electron chi connectivity index (χ3n) is 5.05. The molecule has 31 heavy (non-hydrogen) atoms. The predicted molar refractivity (Wildman–Crippen MR) is 123 cm³/mol. The van der Waals surface area contributed by atoms with Crippen LogP contribution in [-0.2, 0) is 29.0 Å². The van der Waals surface area contributed by atoms with Gasteiger partial charge in [-0.2, -0.15) is 0 Å². The van der Waals surface area contributed by atoms with Crippen molar-refractivity contribution < 1.29 is 14.0 Å². The number of likely N-dealkylation sites (N-methyl/N-ethyl adjacent to an activating group) is 1. The average molecular weight is 483 g/mol. The Morgan fingerprint density at radius 3 is 2.13 bits per heavy atom. The Bertz CT molecular complexity index is 1010. The Morgan fingerprint density at radius 1 is 0.903 bits per heavy atom. The van der Waals surface area contributed by atoms with Crippen LogP contribution in [0.3, 0.4) is 0 Å². The molecule has 0 aromatic heterocycles. The third kappa shape index (κ3) is 6.49. The molecular weight excluding hydrogens is 459 g/mol. The zero-order valence-corrected chi connectivity index (χ0v) is 18.8. The first kappa shape index (κ1) is 22.7. The highest BCUT2D eigenvalue weighted by atomic mass is 79.9. The molecule has 3 aromatic rings. The van der Waals surface area contributed by atoms with Crippen molar-refractivity contribution in [2.75, 3.05) is 7.05 Å². The Hall–Kier alpha value is -2.99. The van der Waals surface area contributed by atoms with Crippen LogP contribution in [0.4, 0.5) is 4.39 Å². The second kappa shape index (κ2) is 10.9. The highest BCUT2D eigenvalue weighted by molar-refractivity contribution is 9.10. The number of nitrogens with one attached hydrogen (secondary N) is 1. The Morgan fingerprint density at radius 2 is 1.52 bits per heavy atom. The van der Waals surface area contributed by atoms with Crippen molar-refractivity contribution in [1.82, 2.24) is 10.2 Å². The zero-order valence-electron chi connectivity index (χ0n) is 17.2. The maximum absolute atomic E-state index is 13.4. The van der Waals surface area contributed by atoms with E-state index in [2.05, 4.69) is 21.2 Å². The van der Waals surface area contributed by atoms with Crippen molar-refractivity contribution in [3.05, 3.63) is 106 Å². The molecule has 0 saturated heterocycles. The molecule has 1 N–H and O–H groups in total. The van der Waals surface area contributed by atoms with Gasteiger partial charge in [-0.05, 0) is 41.0 Å². The zero-order chi connectivity index (χ0) is 22.2. The van der Waals surface area contributed by atoms with Gasteiger partial charge in [0, 0.05) is 24.5 Å². The number of halogens is 2. The van der Waals surface area contributed by atoms with E-state index >= 15 is 0 Å². The van der Waals surface area contributed by atoms with E-state index in [1.807, 2.05) is 54.6 Å². The quantitative estimate of drug-likeness (QED) is 0.513. The summed E-state index contributed by atoms with van der Waals surface area (Å²) >= 11 is 3.42. The smallest absolute Gasteiger partial charge is 0.242 e. The summed E-state index contributed by atoms with van der Waals surface area (Å²) in [4.78, 5) is 27.8. The molecule has 0 aliphatic heterocycles. The van der Waals surface area contributed by atoms with Crippen LogP contribution in [0.2, 0.25) is 0 Å². The van der Waals surface area contributed by atoms with E-state index in [0.29, 0.717) is 12.0 Å². The molecule has 1 atom stereocenters. The monoisotopic (exact) mass is 482 g/mol. The topological polar surface area (TPSA) is 49.4 Å². The summed E-state index contributed by atoms with van der Waals surface area (Å²) in [5, 5.41) is 2.70. The van der Waals surface area contributed by atoms with Crippen LogP contribution in [-0.4, -0.2) is 29.8 Å². The van der Waals surface area contributed by atoms with Crippen LogP contribution < -0.4 is 5.32 Å². The molecule has 3 aromatic carbocycles. The molecular formula is C25H24BrFN2O2. The average Bonchev–Trinajstić information content (AvgIpc) is 2.79. The lowest BCUT2D eigenvalue weighted by molar-refractivity contribution is -0.140. The van der Waals surface area contributed by atoms with Gasteiger partial charge in [-0.3, -0.25) is 9.59 Å². The fourth-order valence-corrected chi connectivity index (χ4v) is 3.65. The van der Waals surface area contributed by atoms with Gasteiger partial charge in [0.25, 0.3) is 0 Å². The molecule has 0 radical (unpaired) electrons. The van der Waals surface area contributed by atoms with Crippen molar-refractivity contribution in [3.8, 4) is 0 Å². The number of carbonyl (C=O) groups is 2. The molecule has 0 spiro atoms. The first-order valence-corrected chi connectivity index (χ1v) is 10.8. The molecule has 6 heteroatoms. The molecule has 0 aliphatic carbocycles. The molecule has 0 heterocycles. The maximum Gasteiger partial charge on any atom is 0.242 e. The fraction of sp³-hybridized carbons (Fsp3) is 0.200. The number of rotatable bonds is 8. The molecule has 0 aliphatic rings. The predicted octanol–water partition coefficient (Wildman–Crippen LogP) is 4.52. The number of hydrogen-bond acceptors (Lipinski definition) is 2. The second-order valence-electron chi connectivity index (χ2n) is 7.27. The molecule has 3 rings (SSSR count). The Kier molecular flexibility index (Phi) is 7.95. The number of hydrogen-bond donors (Lipinski definition) is 1. The van der Waals surface area contributed by atoms with Crippen molar-refractivity contribution in [2.45, 2.75) is 25.4 Å². The van der Waals surface area contributed by atoms with Gasteiger partial charge in [0.2, 0.25) is 11.8 Å². The number of carbonyl (C=O) groups excluding carboxylic acids is 2. The van der Waals surface area contributed by atoms with Crippen molar-refractivity contribution in [2.24, 2.45) is 0 Å². The number of benzene rings is 3. The first-order chi connectivity index (χ1) is 15.0. The van der Waals surface area contributed by atoms with Crippen LogP contribution in [0, 0.1) is 5.82 Å². The van der Waals surface area contributed by atoms with Crippen LogP contribution >= 0.6 is 15.9 Å². The summed E-state index contributed by atoms with van der Waals surface area (Å²) in [7, 11) is 1.57. The van der Waals surface area contributed by atoms with E-state index in [0.717, 1.165) is 15.6 Å². The fourth-order valence-electron chi connectivity index (χ4n) is 3.39. The highest BCUT2D eigenvalue weighted by Crippen LogP contribution is 2.18. The summed E-state index contributed by atoms with van der Waals surface area (Å²) in [6.07, 6.45) is 0.477. The minimum Gasteiger partial charge on any atom is -0.357 e. The Labute approximate surface area is 190 Å². The van der Waals surface area contributed by atoms with Gasteiger partial charge >= 0.3 is 0 Å². The van der Waals surface area contributed by atoms with Crippen LogP contribution in [0.5, 0.6) is 0 Å². The molecule has 0 unspecified atom stereocenters. The lowest BCUT2D eigenvalue weighted by Crippen LogP contribution is -2.50. The van der Waals surface area contributed by atoms with Gasteiger partial charge < -0.3 is 10.2 Å². The standard InChI is InChI=1S/C25H24BrFN2O2/c1-28-25(31)23(15-18-5-3-2-4-6-18)29(17-20-7-11-21(26)12-8-20)24(30)16-19-9-13-22(27)14-10-19/h2-14,23H,15-17H2,1H3,(H,28,31)/t23-/m0/s1. The molecule has 2 amide bonds. The molecule has 160 valence electrons. The molecule has 0 fully saturated rings. The van der Waals surface area contributed by atoms with Crippen LogP contribution in [0.15, 0.2) is 83.3 Å². The van der Waals surface area contributed by atoms with Gasteiger partial charge in [-0.1, -0.05) is 70.5 Å². The van der Waals surface area contributed by atoms with E-state index in [9.17, 15) is 14.0 Å². The van der Waals surface area contributed by atoms with Crippen molar-refractivity contribution in [3.63, 3.8) is 0 Å². The first-order valence-electron chi connectivity index (χ1n) is 10.00. The van der Waals surface area contributed by atoms with E-state index in [4.69, 9.17) is 0 Å². The van der Waals surface area contributed by atoms with E-state index in [1.54, 1.807) is 24.1 Å². The highest BCUT2D eigenvalue weighted by Gasteiger charge is 2.29. The van der Waals surface area contributed by atoms with Gasteiger partial charge in [0.05, 0.1) is 6.42 Å². The lowest BCUT2D eigenvalue weighted by Gasteiger charge is -2.31. The minimum absolute atomic E-state index is 0.0824. The Balaban J connectivity index is 1.92.